The molecule has 1 amide bonds. The van der Waals surface area contributed by atoms with Crippen molar-refractivity contribution in [2.75, 3.05) is 55.7 Å². The molecule has 206 valence electrons. The van der Waals surface area contributed by atoms with E-state index in [4.69, 9.17) is 4.18 Å². The number of fused-ring (bicyclic) bond motifs is 1. The molecule has 12 heteroatoms. The molecular formula is C26H32FN3O7S. The maximum atomic E-state index is 15.1. The lowest BCUT2D eigenvalue weighted by molar-refractivity contribution is -0.146. The highest BCUT2D eigenvalue weighted by Gasteiger charge is 2.38. The number of aliphatic carboxylic acids is 1. The molecule has 2 atom stereocenters. The van der Waals surface area contributed by atoms with Crippen LogP contribution in [0.3, 0.4) is 0 Å². The average molecular weight is 550 g/mol. The van der Waals surface area contributed by atoms with Gasteiger partial charge in [0.2, 0.25) is 5.91 Å². The van der Waals surface area contributed by atoms with E-state index in [1.807, 2.05) is 16.7 Å². The Morgan fingerprint density at radius 2 is 1.79 bits per heavy atom. The van der Waals surface area contributed by atoms with Gasteiger partial charge in [0, 0.05) is 45.0 Å². The van der Waals surface area contributed by atoms with E-state index >= 15 is 4.39 Å². The Hall–Kier alpha value is -3.06. The molecule has 0 bridgehead atoms. The molecule has 2 heterocycles. The van der Waals surface area contributed by atoms with Crippen LogP contribution in [0.4, 0.5) is 15.8 Å². The van der Waals surface area contributed by atoms with Gasteiger partial charge in [0.05, 0.1) is 23.3 Å². The number of β-amino-alcohol motifs (C(OH)–C–C–N with tert-alkyl or cyclic N) is 1. The predicted octanol–water partition coefficient (Wildman–Crippen LogP) is 1.63. The molecule has 2 aromatic carbocycles. The Morgan fingerprint density at radius 1 is 1.13 bits per heavy atom. The number of carbonyl (C=O) groups excluding carboxylic acids is 1. The van der Waals surface area contributed by atoms with Crippen molar-refractivity contribution in [3.63, 3.8) is 0 Å². The normalized spacial score (nSPS) is 19.4. The summed E-state index contributed by atoms with van der Waals surface area (Å²) in [4.78, 5) is 29.3. The van der Waals surface area contributed by atoms with Gasteiger partial charge in [-0.1, -0.05) is 17.7 Å². The summed E-state index contributed by atoms with van der Waals surface area (Å²) in [5.41, 5.74) is 2.26. The zero-order chi connectivity index (χ0) is 27.6. The van der Waals surface area contributed by atoms with E-state index in [-0.39, 0.29) is 31.0 Å². The Labute approximate surface area is 221 Å². The largest absolute Gasteiger partial charge is 0.481 e. The molecule has 4 rings (SSSR count). The molecule has 0 aliphatic carbocycles. The Kier molecular flexibility index (Phi) is 8.36. The number of carboxylic acids is 1. The van der Waals surface area contributed by atoms with Crippen LogP contribution in [0.15, 0.2) is 41.3 Å². The van der Waals surface area contributed by atoms with E-state index in [0.717, 1.165) is 5.56 Å². The van der Waals surface area contributed by atoms with Crippen molar-refractivity contribution in [1.82, 2.24) is 4.90 Å². The topological polar surface area (TPSA) is 128 Å². The van der Waals surface area contributed by atoms with Crippen LogP contribution in [-0.2, 0) is 30.3 Å². The summed E-state index contributed by atoms with van der Waals surface area (Å²) in [6, 6.07) is 9.17. The molecule has 2 aliphatic rings. The zero-order valence-electron chi connectivity index (χ0n) is 21.3. The van der Waals surface area contributed by atoms with E-state index < -0.39 is 39.8 Å². The molecule has 1 fully saturated rings. The average Bonchev–Trinajstić information content (AvgIpc) is 2.88. The third-order valence-corrected chi connectivity index (χ3v) is 8.24. The zero-order valence-corrected chi connectivity index (χ0v) is 22.2. The fourth-order valence-corrected chi connectivity index (χ4v) is 5.79. The van der Waals surface area contributed by atoms with Gasteiger partial charge < -0.3 is 20.0 Å². The molecule has 2 aromatic rings. The van der Waals surface area contributed by atoms with Crippen LogP contribution in [0.25, 0.3) is 0 Å². The van der Waals surface area contributed by atoms with Crippen LogP contribution in [-0.4, -0.2) is 87.4 Å². The van der Waals surface area contributed by atoms with E-state index in [0.29, 0.717) is 43.1 Å². The number of aryl methyl sites for hydroxylation is 1. The summed E-state index contributed by atoms with van der Waals surface area (Å²) in [5.74, 6) is -3.43. The number of benzene rings is 2. The number of piperazine rings is 1. The van der Waals surface area contributed by atoms with Gasteiger partial charge in [-0.25, -0.2) is 4.39 Å². The molecule has 10 nitrogen and oxygen atoms in total. The smallest absolute Gasteiger partial charge is 0.316 e. The van der Waals surface area contributed by atoms with E-state index in [2.05, 4.69) is 0 Å². The number of amides is 1. The summed E-state index contributed by atoms with van der Waals surface area (Å²) < 4.78 is 44.8. The van der Waals surface area contributed by atoms with Crippen LogP contribution in [0.1, 0.15) is 18.1 Å². The standard InChI is InChI=1S/C26H32FN3O7S/c1-3-30-23-14-24(22(27)13-18(23)12-21(25(30)32)26(33)34)29-10-8-28(9-11-29)15-19(31)16-37-38(35,36)20-6-4-17(2)5-7-20/h4-7,13-14,19,21,31H,3,8-12,15-16H2,1-2H3,(H,33,34). The second kappa shape index (κ2) is 11.4. The van der Waals surface area contributed by atoms with Gasteiger partial charge in [0.25, 0.3) is 10.1 Å². The lowest BCUT2D eigenvalue weighted by Crippen LogP contribution is -2.49. The third kappa shape index (κ3) is 5.98. The first-order valence-electron chi connectivity index (χ1n) is 12.5. The summed E-state index contributed by atoms with van der Waals surface area (Å²) in [6.07, 6.45) is -1.08. The van der Waals surface area contributed by atoms with Gasteiger partial charge in [0.15, 0.2) is 0 Å². The second-order valence-electron chi connectivity index (χ2n) is 9.60. The van der Waals surface area contributed by atoms with Crippen molar-refractivity contribution < 1.29 is 36.8 Å². The molecular weight excluding hydrogens is 517 g/mol. The number of halogens is 1. The Balaban J connectivity index is 1.35. The van der Waals surface area contributed by atoms with Crippen LogP contribution in [0.5, 0.6) is 0 Å². The minimum atomic E-state index is -3.98. The minimum absolute atomic E-state index is 0.0257. The molecule has 0 spiro atoms. The lowest BCUT2D eigenvalue weighted by Gasteiger charge is -2.38. The molecule has 0 aromatic heterocycles. The number of aliphatic hydroxyl groups is 1. The van der Waals surface area contributed by atoms with Crippen molar-refractivity contribution in [2.24, 2.45) is 5.92 Å². The van der Waals surface area contributed by atoms with Crippen LogP contribution >= 0.6 is 0 Å². The number of hydrogen-bond donors (Lipinski definition) is 2. The monoisotopic (exact) mass is 549 g/mol. The molecule has 1 saturated heterocycles. The summed E-state index contributed by atoms with van der Waals surface area (Å²) in [5, 5.41) is 19.8. The van der Waals surface area contributed by atoms with Crippen molar-refractivity contribution in [3.05, 3.63) is 53.3 Å². The third-order valence-electron chi connectivity index (χ3n) is 6.95. The summed E-state index contributed by atoms with van der Waals surface area (Å²) >= 11 is 0. The van der Waals surface area contributed by atoms with Crippen LogP contribution < -0.4 is 9.80 Å². The van der Waals surface area contributed by atoms with Gasteiger partial charge in [-0.3, -0.25) is 18.7 Å². The second-order valence-corrected chi connectivity index (χ2v) is 11.2. The SMILES string of the molecule is CCN1C(=O)C(C(=O)O)Cc2cc(F)c(N3CCN(CC(O)COS(=O)(=O)c4ccc(C)cc4)CC3)cc21. The number of nitrogens with zero attached hydrogens (tertiary/aromatic N) is 3. The number of anilines is 2. The maximum Gasteiger partial charge on any atom is 0.316 e. The molecule has 2 N–H and O–H groups in total. The molecule has 2 aliphatic heterocycles. The van der Waals surface area contributed by atoms with E-state index in [1.165, 1.54) is 23.1 Å². The number of aliphatic hydroxyl groups excluding tert-OH is 1. The fraction of sp³-hybridized carbons (Fsp3) is 0.462. The number of rotatable bonds is 9. The molecule has 0 radical (unpaired) electrons. The summed E-state index contributed by atoms with van der Waals surface area (Å²) in [7, 11) is -3.98. The highest BCUT2D eigenvalue weighted by atomic mass is 32.2. The lowest BCUT2D eigenvalue weighted by atomic mass is 9.91. The van der Waals surface area contributed by atoms with Crippen molar-refractivity contribution >= 4 is 33.4 Å². The van der Waals surface area contributed by atoms with Crippen molar-refractivity contribution in [2.45, 2.75) is 31.3 Å². The van der Waals surface area contributed by atoms with Gasteiger partial charge in [0.1, 0.15) is 11.7 Å². The predicted molar refractivity (Wildman–Crippen MR) is 138 cm³/mol. The molecule has 0 saturated carbocycles. The number of hydrogen-bond acceptors (Lipinski definition) is 8. The van der Waals surface area contributed by atoms with Crippen molar-refractivity contribution in [3.8, 4) is 0 Å². The highest BCUT2D eigenvalue weighted by molar-refractivity contribution is 7.86. The fourth-order valence-electron chi connectivity index (χ4n) is 4.85. The van der Waals surface area contributed by atoms with Gasteiger partial charge >= 0.3 is 5.97 Å². The van der Waals surface area contributed by atoms with Crippen LogP contribution in [0, 0.1) is 18.7 Å². The van der Waals surface area contributed by atoms with Gasteiger partial charge in [-0.2, -0.15) is 8.42 Å². The first-order chi connectivity index (χ1) is 18.0. The van der Waals surface area contributed by atoms with Crippen LogP contribution in [0.2, 0.25) is 0 Å². The van der Waals surface area contributed by atoms with Gasteiger partial charge in [-0.05, 0) is 50.1 Å². The first-order valence-corrected chi connectivity index (χ1v) is 13.9. The molecule has 38 heavy (non-hydrogen) atoms. The number of carboxylic acid groups (broad SMARTS) is 1. The maximum absolute atomic E-state index is 15.1. The first kappa shape index (κ1) is 28.0. The minimum Gasteiger partial charge on any atom is -0.481 e. The molecule has 2 unspecified atom stereocenters. The quantitative estimate of drug-likeness (QED) is 0.354. The number of carbonyl (C=O) groups is 2. The van der Waals surface area contributed by atoms with Gasteiger partial charge in [-0.15, -0.1) is 0 Å². The highest BCUT2D eigenvalue weighted by Crippen LogP contribution is 2.36. The van der Waals surface area contributed by atoms with Crippen molar-refractivity contribution in [1.29, 1.82) is 0 Å². The van der Waals surface area contributed by atoms with E-state index in [1.54, 1.807) is 25.1 Å². The Bertz CT molecular complexity index is 1290. The Morgan fingerprint density at radius 3 is 2.39 bits per heavy atom. The van der Waals surface area contributed by atoms with E-state index in [9.17, 15) is 28.2 Å². The summed E-state index contributed by atoms with van der Waals surface area (Å²) in [6.45, 7) is 5.56.